The van der Waals surface area contributed by atoms with Crippen molar-refractivity contribution in [1.82, 2.24) is 10.6 Å². The largest absolute Gasteiger partial charge is 0.357 e. The molecule has 0 atom stereocenters. The topological polar surface area (TPSA) is 70.6 Å². The zero-order valence-electron chi connectivity index (χ0n) is 16.1. The zero-order valence-corrected chi connectivity index (χ0v) is 19.3. The Labute approximate surface area is 183 Å². The molecule has 0 aromatic heterocycles. The third-order valence-corrected chi connectivity index (χ3v) is 4.67. The molecule has 0 fully saturated rings. The van der Waals surface area contributed by atoms with E-state index >= 15 is 0 Å². The number of halogens is 2. The second-order valence-corrected chi connectivity index (χ2v) is 8.53. The molecule has 0 saturated heterocycles. The summed E-state index contributed by atoms with van der Waals surface area (Å²) in [4.78, 5) is 4.54. The average Bonchev–Trinajstić information content (AvgIpc) is 2.60. The van der Waals surface area contributed by atoms with Gasteiger partial charge in [-0.15, -0.1) is 24.0 Å². The maximum absolute atomic E-state index is 13.2. The van der Waals surface area contributed by atoms with Gasteiger partial charge in [0, 0.05) is 19.3 Å². The molecule has 0 saturated carbocycles. The Morgan fingerprint density at radius 3 is 2.32 bits per heavy atom. The van der Waals surface area contributed by atoms with Crippen LogP contribution in [0.3, 0.4) is 0 Å². The molecule has 2 N–H and O–H groups in total. The summed E-state index contributed by atoms with van der Waals surface area (Å²) < 4.78 is 35.9. The van der Waals surface area contributed by atoms with Gasteiger partial charge in [0.05, 0.1) is 12.3 Å². The van der Waals surface area contributed by atoms with E-state index in [0.29, 0.717) is 25.5 Å². The van der Waals surface area contributed by atoms with Gasteiger partial charge in [0.25, 0.3) is 0 Å². The van der Waals surface area contributed by atoms with Gasteiger partial charge in [0.1, 0.15) is 5.82 Å². The van der Waals surface area contributed by atoms with E-state index in [0.717, 1.165) is 23.2 Å². The van der Waals surface area contributed by atoms with Crippen LogP contribution in [0.1, 0.15) is 23.6 Å². The minimum Gasteiger partial charge on any atom is -0.357 e. The van der Waals surface area contributed by atoms with E-state index in [2.05, 4.69) is 15.6 Å². The number of sulfone groups is 1. The summed E-state index contributed by atoms with van der Waals surface area (Å²) in [5, 5.41) is 6.42. The predicted molar refractivity (Wildman–Crippen MR) is 123 cm³/mol. The predicted octanol–water partition coefficient (Wildman–Crippen LogP) is 3.29. The van der Waals surface area contributed by atoms with Gasteiger partial charge in [-0.1, -0.05) is 36.4 Å². The molecular formula is C20H27FIN3O2S. The lowest BCUT2D eigenvalue weighted by atomic mass is 10.1. The summed E-state index contributed by atoms with van der Waals surface area (Å²) >= 11 is 0. The molecule has 0 aliphatic carbocycles. The van der Waals surface area contributed by atoms with Crippen molar-refractivity contribution < 1.29 is 12.8 Å². The summed E-state index contributed by atoms with van der Waals surface area (Å²) in [6, 6.07) is 14.0. The van der Waals surface area contributed by atoms with Crippen molar-refractivity contribution in [2.45, 2.75) is 25.6 Å². The maximum atomic E-state index is 13.2. The number of hydrogen-bond donors (Lipinski definition) is 2. The number of hydrogen-bond acceptors (Lipinski definition) is 3. The van der Waals surface area contributed by atoms with Crippen LogP contribution in [-0.4, -0.2) is 33.7 Å². The van der Waals surface area contributed by atoms with Crippen molar-refractivity contribution in [1.29, 1.82) is 0 Å². The summed E-state index contributed by atoms with van der Waals surface area (Å²) in [6.07, 6.45) is 1.92. The Morgan fingerprint density at radius 1 is 1.04 bits per heavy atom. The van der Waals surface area contributed by atoms with Gasteiger partial charge in [-0.3, -0.25) is 0 Å². The van der Waals surface area contributed by atoms with Gasteiger partial charge < -0.3 is 10.6 Å². The molecule has 0 heterocycles. The van der Waals surface area contributed by atoms with E-state index < -0.39 is 9.84 Å². The summed E-state index contributed by atoms with van der Waals surface area (Å²) in [5.74, 6) is 0.502. The number of guanidine groups is 1. The first-order valence-electron chi connectivity index (χ1n) is 8.88. The molecule has 8 heteroatoms. The van der Waals surface area contributed by atoms with E-state index in [1.165, 1.54) is 18.4 Å². The Bertz CT molecular complexity index is 871. The molecule has 2 rings (SSSR count). The van der Waals surface area contributed by atoms with Crippen LogP contribution in [0.2, 0.25) is 0 Å². The second-order valence-electron chi connectivity index (χ2n) is 6.39. The first-order chi connectivity index (χ1) is 12.9. The first kappa shape index (κ1) is 24.4. The highest BCUT2D eigenvalue weighted by Crippen LogP contribution is 2.09. The highest BCUT2D eigenvalue weighted by atomic mass is 127. The SMILES string of the molecule is CCNC(=NCc1ccc(CS(C)(=O)=O)cc1)NCCc1cccc(F)c1.I. The molecule has 2 aromatic carbocycles. The molecule has 0 amide bonds. The summed E-state index contributed by atoms with van der Waals surface area (Å²) in [6.45, 7) is 3.85. The van der Waals surface area contributed by atoms with Crippen molar-refractivity contribution >= 4 is 39.8 Å². The molecule has 0 bridgehead atoms. The summed E-state index contributed by atoms with van der Waals surface area (Å²) in [7, 11) is -3.03. The number of nitrogens with one attached hydrogen (secondary N) is 2. The van der Waals surface area contributed by atoms with Crippen LogP contribution >= 0.6 is 24.0 Å². The molecular weight excluding hydrogens is 492 g/mol. The van der Waals surface area contributed by atoms with Crippen molar-refractivity contribution in [3.8, 4) is 0 Å². The molecule has 0 radical (unpaired) electrons. The number of rotatable bonds is 8. The Morgan fingerprint density at radius 2 is 1.71 bits per heavy atom. The third-order valence-electron chi connectivity index (χ3n) is 3.81. The molecule has 5 nitrogen and oxygen atoms in total. The lowest BCUT2D eigenvalue weighted by Gasteiger charge is -2.11. The van der Waals surface area contributed by atoms with Crippen LogP contribution < -0.4 is 10.6 Å². The van der Waals surface area contributed by atoms with Crippen molar-refractivity contribution in [2.24, 2.45) is 4.99 Å². The van der Waals surface area contributed by atoms with Crippen LogP contribution in [0.4, 0.5) is 4.39 Å². The lowest BCUT2D eigenvalue weighted by Crippen LogP contribution is -2.38. The molecule has 0 unspecified atom stereocenters. The maximum Gasteiger partial charge on any atom is 0.191 e. The minimum absolute atomic E-state index is 0. The second kappa shape index (κ2) is 12.0. The van der Waals surface area contributed by atoms with E-state index in [1.807, 2.05) is 37.3 Å². The van der Waals surface area contributed by atoms with Gasteiger partial charge in [-0.05, 0) is 42.2 Å². The monoisotopic (exact) mass is 519 g/mol. The Hall–Kier alpha value is -1.68. The van der Waals surface area contributed by atoms with E-state index in [1.54, 1.807) is 6.07 Å². The van der Waals surface area contributed by atoms with E-state index in [-0.39, 0.29) is 35.5 Å². The number of benzene rings is 2. The number of aliphatic imine (C=N–C) groups is 1. The summed E-state index contributed by atoms with van der Waals surface area (Å²) in [5.41, 5.74) is 2.69. The highest BCUT2D eigenvalue weighted by Gasteiger charge is 2.04. The third kappa shape index (κ3) is 9.50. The van der Waals surface area contributed by atoms with Gasteiger partial charge in [-0.2, -0.15) is 0 Å². The van der Waals surface area contributed by atoms with Crippen LogP contribution in [0.25, 0.3) is 0 Å². The quantitative estimate of drug-likeness (QED) is 0.319. The smallest absolute Gasteiger partial charge is 0.191 e. The molecule has 0 spiro atoms. The lowest BCUT2D eigenvalue weighted by molar-refractivity contribution is 0.601. The van der Waals surface area contributed by atoms with Gasteiger partial charge >= 0.3 is 0 Å². The van der Waals surface area contributed by atoms with Crippen LogP contribution in [0, 0.1) is 5.82 Å². The van der Waals surface area contributed by atoms with Crippen LogP contribution in [0.15, 0.2) is 53.5 Å². The first-order valence-corrected chi connectivity index (χ1v) is 10.9. The fraction of sp³-hybridized carbons (Fsp3) is 0.350. The standard InChI is InChI=1S/C20H26FN3O2S.HI/c1-3-22-20(23-12-11-16-5-4-6-19(21)13-16)24-14-17-7-9-18(10-8-17)15-27(2,25)26;/h4-10,13H,3,11-12,14-15H2,1-2H3,(H2,22,23,24);1H. The van der Waals surface area contributed by atoms with Gasteiger partial charge in [-0.25, -0.2) is 17.8 Å². The average molecular weight is 519 g/mol. The Kier molecular flexibility index (Phi) is 10.4. The highest BCUT2D eigenvalue weighted by molar-refractivity contribution is 14.0. The molecule has 0 aliphatic rings. The minimum atomic E-state index is -3.03. The van der Waals surface area contributed by atoms with E-state index in [9.17, 15) is 12.8 Å². The van der Waals surface area contributed by atoms with Crippen molar-refractivity contribution in [3.63, 3.8) is 0 Å². The number of nitrogens with zero attached hydrogens (tertiary/aromatic N) is 1. The van der Waals surface area contributed by atoms with Crippen molar-refractivity contribution in [3.05, 3.63) is 71.0 Å². The molecule has 28 heavy (non-hydrogen) atoms. The van der Waals surface area contributed by atoms with Gasteiger partial charge in [0.15, 0.2) is 15.8 Å². The normalized spacial score (nSPS) is 11.6. The molecule has 0 aliphatic heterocycles. The fourth-order valence-electron chi connectivity index (χ4n) is 2.57. The van der Waals surface area contributed by atoms with E-state index in [4.69, 9.17) is 0 Å². The zero-order chi connectivity index (χ0) is 19.7. The Balaban J connectivity index is 0.00000392. The van der Waals surface area contributed by atoms with Crippen molar-refractivity contribution in [2.75, 3.05) is 19.3 Å². The molecule has 2 aromatic rings. The van der Waals surface area contributed by atoms with Gasteiger partial charge in [0.2, 0.25) is 0 Å². The molecule has 154 valence electrons. The van der Waals surface area contributed by atoms with Crippen LogP contribution in [0.5, 0.6) is 0 Å². The fourth-order valence-corrected chi connectivity index (χ4v) is 3.37. The van der Waals surface area contributed by atoms with Crippen LogP contribution in [-0.2, 0) is 28.6 Å².